The fourth-order valence-corrected chi connectivity index (χ4v) is 5.36. The molecule has 254 valence electrons. The van der Waals surface area contributed by atoms with E-state index < -0.39 is 47.9 Å². The Kier molecular flexibility index (Phi) is 12.5. The van der Waals surface area contributed by atoms with E-state index in [0.717, 1.165) is 22.0 Å². The van der Waals surface area contributed by atoms with Crippen LogP contribution in [-0.2, 0) is 38.4 Å². The third kappa shape index (κ3) is 10.0. The van der Waals surface area contributed by atoms with Crippen LogP contribution >= 0.6 is 0 Å². The molecule has 3 aromatic carbocycles. The van der Waals surface area contributed by atoms with Crippen LogP contribution in [0.25, 0.3) is 10.9 Å². The van der Waals surface area contributed by atoms with Crippen LogP contribution in [-0.4, -0.2) is 74.7 Å². The van der Waals surface area contributed by atoms with Gasteiger partial charge in [-0.2, -0.15) is 0 Å². The summed E-state index contributed by atoms with van der Waals surface area (Å²) in [7, 11) is 0. The number of nitrogens with two attached hydrogens (primary N) is 2. The van der Waals surface area contributed by atoms with Gasteiger partial charge in [0.1, 0.15) is 29.6 Å². The number of nitrogens with one attached hydrogen (secondary N) is 4. The molecule has 0 aliphatic rings. The lowest BCUT2D eigenvalue weighted by atomic mass is 10.0. The number of carboxylic acid groups (broad SMARTS) is 1. The molecule has 11 N–H and O–H groups in total. The second-order valence-corrected chi connectivity index (χ2v) is 11.7. The molecule has 48 heavy (non-hydrogen) atoms. The van der Waals surface area contributed by atoms with E-state index in [2.05, 4.69) is 20.9 Å². The molecule has 0 fully saturated rings. The van der Waals surface area contributed by atoms with Crippen LogP contribution in [0.4, 0.5) is 0 Å². The Morgan fingerprint density at radius 3 is 1.88 bits per heavy atom. The molecule has 0 radical (unpaired) electrons. The smallest absolute Gasteiger partial charge is 0.326 e. The molecule has 13 heteroatoms. The summed E-state index contributed by atoms with van der Waals surface area (Å²) < 4.78 is 0. The molecule has 0 aliphatic heterocycles. The van der Waals surface area contributed by atoms with E-state index in [9.17, 15) is 34.5 Å². The molecule has 0 saturated carbocycles. The number of carboxylic acids is 1. The van der Waals surface area contributed by atoms with E-state index in [1.54, 1.807) is 30.5 Å². The van der Waals surface area contributed by atoms with Crippen molar-refractivity contribution in [2.75, 3.05) is 6.54 Å². The molecule has 1 aromatic heterocycles. The Morgan fingerprint density at radius 2 is 1.25 bits per heavy atom. The van der Waals surface area contributed by atoms with Gasteiger partial charge in [0.15, 0.2) is 0 Å². The SMILES string of the molecule is NCCCCC(NC(=O)C(N)Cc1ccc(O)cc1)C(=O)NC(Cc1c[nH]c2ccccc12)C(=O)NC(Cc1ccc(O)cc1)C(=O)O. The van der Waals surface area contributed by atoms with Crippen LogP contribution in [0.15, 0.2) is 79.0 Å². The maximum Gasteiger partial charge on any atom is 0.326 e. The molecule has 0 saturated heterocycles. The Balaban J connectivity index is 1.54. The number of hydrogen-bond acceptors (Lipinski definition) is 8. The van der Waals surface area contributed by atoms with Crippen LogP contribution < -0.4 is 27.4 Å². The molecule has 4 atom stereocenters. The second kappa shape index (κ2) is 17.0. The molecular weight excluding hydrogens is 616 g/mol. The number of amides is 3. The van der Waals surface area contributed by atoms with Gasteiger partial charge in [-0.15, -0.1) is 0 Å². The minimum absolute atomic E-state index is 0.0191. The van der Waals surface area contributed by atoms with Crippen LogP contribution in [0.1, 0.15) is 36.0 Å². The van der Waals surface area contributed by atoms with Gasteiger partial charge in [0.2, 0.25) is 17.7 Å². The highest BCUT2D eigenvalue weighted by Gasteiger charge is 2.31. The zero-order chi connectivity index (χ0) is 34.6. The fraction of sp³-hybridized carbons (Fsp3) is 0.314. The monoisotopic (exact) mass is 658 g/mol. The minimum Gasteiger partial charge on any atom is -0.508 e. The second-order valence-electron chi connectivity index (χ2n) is 11.7. The molecular formula is C35H42N6O7. The lowest BCUT2D eigenvalue weighted by Gasteiger charge is -2.25. The maximum absolute atomic E-state index is 13.8. The number of aromatic hydroxyl groups is 2. The van der Waals surface area contributed by atoms with Crippen LogP contribution in [0.5, 0.6) is 11.5 Å². The van der Waals surface area contributed by atoms with Gasteiger partial charge in [0, 0.05) is 29.9 Å². The third-order valence-corrected chi connectivity index (χ3v) is 8.03. The van der Waals surface area contributed by atoms with Gasteiger partial charge in [0.05, 0.1) is 6.04 Å². The number of carbonyl (C=O) groups is 4. The summed E-state index contributed by atoms with van der Waals surface area (Å²) in [6.45, 7) is 0.381. The summed E-state index contributed by atoms with van der Waals surface area (Å²) in [4.78, 5) is 56.0. The summed E-state index contributed by atoms with van der Waals surface area (Å²) in [5, 5.41) is 37.9. The van der Waals surface area contributed by atoms with E-state index in [0.29, 0.717) is 24.9 Å². The fourth-order valence-electron chi connectivity index (χ4n) is 5.36. The van der Waals surface area contributed by atoms with Crippen molar-refractivity contribution < 1.29 is 34.5 Å². The highest BCUT2D eigenvalue weighted by Crippen LogP contribution is 2.20. The first-order chi connectivity index (χ1) is 23.0. The van der Waals surface area contributed by atoms with Crippen molar-refractivity contribution in [1.29, 1.82) is 0 Å². The number of carbonyl (C=O) groups excluding carboxylic acids is 3. The minimum atomic E-state index is -1.33. The number of phenols is 2. The number of unbranched alkanes of at least 4 members (excludes halogenated alkanes) is 1. The quantitative estimate of drug-likeness (QED) is 0.0749. The normalized spacial score (nSPS) is 13.6. The average molecular weight is 659 g/mol. The standard InChI is InChI=1S/C35H42N6O7/c36-16-4-3-7-29(39-32(44)27(37)17-21-8-12-24(42)13-9-21)33(45)40-30(19-23-20-38-28-6-2-1-5-26(23)28)34(46)41-31(35(47)48)18-22-10-14-25(43)15-11-22/h1-2,5-6,8-15,20,27,29-31,38,42-43H,3-4,7,16-19,36-37H2,(H,39,44)(H,40,45)(H,41,46)(H,47,48). The van der Waals surface area contributed by atoms with Crippen molar-refractivity contribution >= 4 is 34.6 Å². The predicted octanol–water partition coefficient (Wildman–Crippen LogP) is 1.60. The third-order valence-electron chi connectivity index (χ3n) is 8.03. The van der Waals surface area contributed by atoms with Crippen molar-refractivity contribution in [3.63, 3.8) is 0 Å². The molecule has 0 aliphatic carbocycles. The Bertz CT molecular complexity index is 1690. The Morgan fingerprint density at radius 1 is 0.688 bits per heavy atom. The largest absolute Gasteiger partial charge is 0.508 e. The number of H-pyrrole nitrogens is 1. The van der Waals surface area contributed by atoms with Crippen molar-refractivity contribution in [1.82, 2.24) is 20.9 Å². The molecule has 4 rings (SSSR count). The average Bonchev–Trinajstić information content (AvgIpc) is 3.48. The number of fused-ring (bicyclic) bond motifs is 1. The van der Waals surface area contributed by atoms with Gasteiger partial charge < -0.3 is 47.7 Å². The summed E-state index contributed by atoms with van der Waals surface area (Å²) in [5.74, 6) is -3.12. The summed E-state index contributed by atoms with van der Waals surface area (Å²) in [6, 6.07) is 15.1. The van der Waals surface area contributed by atoms with Gasteiger partial charge in [-0.25, -0.2) is 4.79 Å². The summed E-state index contributed by atoms with van der Waals surface area (Å²) in [5.41, 5.74) is 14.7. The zero-order valence-corrected chi connectivity index (χ0v) is 26.4. The highest BCUT2D eigenvalue weighted by atomic mass is 16.4. The van der Waals surface area contributed by atoms with Crippen molar-refractivity contribution in [3.05, 3.63) is 95.7 Å². The zero-order valence-electron chi connectivity index (χ0n) is 26.4. The number of para-hydroxylation sites is 1. The number of benzene rings is 3. The molecule has 3 amide bonds. The van der Waals surface area contributed by atoms with Gasteiger partial charge in [-0.05, 0) is 79.3 Å². The van der Waals surface area contributed by atoms with E-state index in [1.165, 1.54) is 24.3 Å². The first-order valence-electron chi connectivity index (χ1n) is 15.7. The molecule has 13 nitrogen and oxygen atoms in total. The number of aromatic amines is 1. The van der Waals surface area contributed by atoms with Crippen LogP contribution in [0.2, 0.25) is 0 Å². The summed E-state index contributed by atoms with van der Waals surface area (Å²) >= 11 is 0. The molecule has 0 spiro atoms. The predicted molar refractivity (Wildman–Crippen MR) is 180 cm³/mol. The van der Waals surface area contributed by atoms with Crippen molar-refractivity contribution in [2.45, 2.75) is 62.7 Å². The number of rotatable bonds is 17. The number of aliphatic carboxylic acids is 1. The lowest BCUT2D eigenvalue weighted by molar-refractivity contribution is -0.142. The molecule has 1 heterocycles. The Hall–Kier alpha value is -5.40. The Labute approximate surface area is 277 Å². The summed E-state index contributed by atoms with van der Waals surface area (Å²) in [6.07, 6.45) is 3.17. The van der Waals surface area contributed by atoms with E-state index >= 15 is 0 Å². The maximum atomic E-state index is 13.8. The van der Waals surface area contributed by atoms with Crippen LogP contribution in [0.3, 0.4) is 0 Å². The van der Waals surface area contributed by atoms with Crippen molar-refractivity contribution in [2.24, 2.45) is 11.5 Å². The lowest BCUT2D eigenvalue weighted by Crippen LogP contribution is -2.58. The van der Waals surface area contributed by atoms with E-state index in [-0.39, 0.29) is 37.2 Å². The van der Waals surface area contributed by atoms with Crippen molar-refractivity contribution in [3.8, 4) is 11.5 Å². The molecule has 0 bridgehead atoms. The number of phenolic OH excluding ortho intramolecular Hbond substituents is 2. The van der Waals surface area contributed by atoms with E-state index in [1.807, 2.05) is 24.3 Å². The highest BCUT2D eigenvalue weighted by molar-refractivity contribution is 5.95. The van der Waals surface area contributed by atoms with E-state index in [4.69, 9.17) is 11.5 Å². The number of aromatic nitrogens is 1. The van der Waals surface area contributed by atoms with Gasteiger partial charge in [-0.3, -0.25) is 14.4 Å². The molecule has 4 aromatic rings. The number of hydrogen-bond donors (Lipinski definition) is 9. The van der Waals surface area contributed by atoms with Gasteiger partial charge in [-0.1, -0.05) is 42.5 Å². The topological polar surface area (TPSA) is 233 Å². The first kappa shape index (κ1) is 35.5. The van der Waals surface area contributed by atoms with Crippen LogP contribution in [0, 0.1) is 0 Å². The molecule has 4 unspecified atom stereocenters. The van der Waals surface area contributed by atoms with Gasteiger partial charge >= 0.3 is 5.97 Å². The van der Waals surface area contributed by atoms with Gasteiger partial charge in [0.25, 0.3) is 0 Å². The first-order valence-corrected chi connectivity index (χ1v) is 15.7.